The Bertz CT molecular complexity index is 1540. The minimum Gasteiger partial charge on any atom is -0.375 e. The third-order valence-corrected chi connectivity index (χ3v) is 8.88. The normalized spacial score (nSPS) is 21.0. The fraction of sp³-hybridized carbons (Fsp3) is 0.414. The molecular weight excluding hydrogens is 558 g/mol. The molecule has 1 unspecified atom stereocenters. The van der Waals surface area contributed by atoms with Gasteiger partial charge in [-0.3, -0.25) is 9.36 Å². The Labute approximate surface area is 240 Å². The Morgan fingerprint density at radius 1 is 1.23 bits per heavy atom. The second-order valence-corrected chi connectivity index (χ2v) is 11.7. The van der Waals surface area contributed by atoms with Gasteiger partial charge in [0.25, 0.3) is 0 Å². The molecule has 2 aromatic carbocycles. The van der Waals surface area contributed by atoms with Crippen molar-refractivity contribution in [1.29, 1.82) is 0 Å². The summed E-state index contributed by atoms with van der Waals surface area (Å²) in [6, 6.07) is 4.78. The number of amides is 1. The molecule has 40 heavy (non-hydrogen) atoms. The lowest BCUT2D eigenvalue weighted by molar-refractivity contribution is -0.130. The SMILES string of the molecule is C=CC(=O)N1[C@H](C)CN(c2nc(=O)n3c4c(c(-c5ccc(F)cc5F)c(Cl)cc24)SCC(OCCC)C3)C[C@@H]1C. The fourth-order valence-corrected chi connectivity index (χ4v) is 7.35. The van der Waals surface area contributed by atoms with E-state index in [0.717, 1.165) is 12.5 Å². The number of hydrogen-bond acceptors (Lipinski definition) is 6. The molecular formula is C29H31ClF2N4O3S. The zero-order valence-corrected chi connectivity index (χ0v) is 24.2. The van der Waals surface area contributed by atoms with Crippen molar-refractivity contribution in [2.75, 3.05) is 30.3 Å². The van der Waals surface area contributed by atoms with Crippen LogP contribution in [0.5, 0.6) is 0 Å². The monoisotopic (exact) mass is 588 g/mol. The second kappa shape index (κ2) is 11.5. The molecule has 5 rings (SSSR count). The van der Waals surface area contributed by atoms with Gasteiger partial charge in [-0.1, -0.05) is 25.1 Å². The largest absolute Gasteiger partial charge is 0.375 e. The van der Waals surface area contributed by atoms with E-state index in [9.17, 15) is 14.0 Å². The number of benzene rings is 2. The third-order valence-electron chi connectivity index (χ3n) is 7.36. The molecule has 212 valence electrons. The highest BCUT2D eigenvalue weighted by Gasteiger charge is 2.35. The Hall–Kier alpha value is -2.95. The highest BCUT2D eigenvalue weighted by atomic mass is 35.5. The van der Waals surface area contributed by atoms with Gasteiger partial charge in [-0.15, -0.1) is 11.8 Å². The van der Waals surface area contributed by atoms with Crippen molar-refractivity contribution >= 4 is 46.0 Å². The Balaban J connectivity index is 1.72. The molecule has 3 aromatic rings. The van der Waals surface area contributed by atoms with Crippen LogP contribution in [-0.4, -0.2) is 64.0 Å². The lowest BCUT2D eigenvalue weighted by Gasteiger charge is -2.44. The topological polar surface area (TPSA) is 67.7 Å². The predicted octanol–water partition coefficient (Wildman–Crippen LogP) is 5.51. The number of ether oxygens (including phenoxy) is 1. The highest BCUT2D eigenvalue weighted by Crippen LogP contribution is 2.46. The number of nitrogens with zero attached hydrogens (tertiary/aromatic N) is 4. The number of carbonyl (C=O) groups is 1. The number of carbonyl (C=O) groups excluding carboxylic acids is 1. The molecule has 2 aliphatic rings. The fourth-order valence-electron chi connectivity index (χ4n) is 5.71. The first-order valence-corrected chi connectivity index (χ1v) is 14.7. The van der Waals surface area contributed by atoms with Gasteiger partial charge in [0.15, 0.2) is 0 Å². The molecule has 3 heterocycles. The van der Waals surface area contributed by atoms with E-state index in [0.29, 0.717) is 52.6 Å². The summed E-state index contributed by atoms with van der Waals surface area (Å²) in [6.07, 6.45) is 1.86. The van der Waals surface area contributed by atoms with E-state index in [1.807, 2.05) is 25.7 Å². The van der Waals surface area contributed by atoms with E-state index in [4.69, 9.17) is 16.3 Å². The molecule has 7 nitrogen and oxygen atoms in total. The number of anilines is 1. The minimum absolute atomic E-state index is 0.149. The first-order chi connectivity index (χ1) is 19.1. The van der Waals surface area contributed by atoms with Crippen LogP contribution in [0.15, 0.2) is 46.6 Å². The van der Waals surface area contributed by atoms with Gasteiger partial charge in [-0.05, 0) is 44.5 Å². The van der Waals surface area contributed by atoms with Crippen molar-refractivity contribution in [2.24, 2.45) is 0 Å². The van der Waals surface area contributed by atoms with Gasteiger partial charge >= 0.3 is 5.69 Å². The number of thioether (sulfide) groups is 1. The highest BCUT2D eigenvalue weighted by molar-refractivity contribution is 7.99. The summed E-state index contributed by atoms with van der Waals surface area (Å²) in [4.78, 5) is 35.0. The van der Waals surface area contributed by atoms with Crippen LogP contribution in [0, 0.1) is 11.6 Å². The molecule has 1 fully saturated rings. The molecule has 2 aliphatic heterocycles. The zero-order chi connectivity index (χ0) is 28.7. The van der Waals surface area contributed by atoms with Gasteiger partial charge in [0, 0.05) is 65.0 Å². The third kappa shape index (κ3) is 5.12. The Morgan fingerprint density at radius 2 is 1.95 bits per heavy atom. The van der Waals surface area contributed by atoms with Crippen LogP contribution in [0.4, 0.5) is 14.6 Å². The van der Waals surface area contributed by atoms with Gasteiger partial charge in [0.05, 0.1) is 23.2 Å². The molecule has 0 N–H and O–H groups in total. The van der Waals surface area contributed by atoms with E-state index >= 15 is 4.39 Å². The zero-order valence-electron chi connectivity index (χ0n) is 22.6. The Morgan fingerprint density at radius 3 is 2.60 bits per heavy atom. The number of piperazine rings is 1. The van der Waals surface area contributed by atoms with Crippen LogP contribution in [-0.2, 0) is 16.1 Å². The summed E-state index contributed by atoms with van der Waals surface area (Å²) in [5.41, 5.74) is 0.700. The van der Waals surface area contributed by atoms with Crippen molar-refractivity contribution < 1.29 is 18.3 Å². The molecule has 11 heteroatoms. The van der Waals surface area contributed by atoms with Gasteiger partial charge in [-0.25, -0.2) is 13.6 Å². The number of halogens is 3. The maximum atomic E-state index is 15.1. The first kappa shape index (κ1) is 28.6. The quantitative estimate of drug-likeness (QED) is 0.354. The predicted molar refractivity (Wildman–Crippen MR) is 155 cm³/mol. The van der Waals surface area contributed by atoms with Crippen LogP contribution in [0.3, 0.4) is 0 Å². The molecule has 0 bridgehead atoms. The Kier molecular flexibility index (Phi) is 8.22. The van der Waals surface area contributed by atoms with E-state index in [-0.39, 0.29) is 41.2 Å². The summed E-state index contributed by atoms with van der Waals surface area (Å²) in [5.74, 6) is -0.605. The van der Waals surface area contributed by atoms with Crippen LogP contribution in [0.25, 0.3) is 22.0 Å². The molecule has 0 spiro atoms. The number of rotatable bonds is 6. The van der Waals surface area contributed by atoms with E-state index in [1.54, 1.807) is 15.5 Å². The molecule has 1 aromatic heterocycles. The minimum atomic E-state index is -0.741. The smallest absolute Gasteiger partial charge is 0.350 e. The lowest BCUT2D eigenvalue weighted by atomic mass is 10.0. The molecule has 0 saturated carbocycles. The number of aromatic nitrogens is 2. The maximum absolute atomic E-state index is 15.1. The summed E-state index contributed by atoms with van der Waals surface area (Å²) in [5, 5.41) is 0.917. The van der Waals surface area contributed by atoms with Crippen LogP contribution in [0.2, 0.25) is 5.02 Å². The first-order valence-electron chi connectivity index (χ1n) is 13.3. The lowest BCUT2D eigenvalue weighted by Crippen LogP contribution is -2.58. The summed E-state index contributed by atoms with van der Waals surface area (Å²) in [6.45, 7) is 11.2. The van der Waals surface area contributed by atoms with E-state index in [1.165, 1.54) is 30.0 Å². The second-order valence-electron chi connectivity index (χ2n) is 10.3. The van der Waals surface area contributed by atoms with Crippen molar-refractivity contribution in [3.8, 4) is 11.1 Å². The standard InChI is InChI=1S/C29H31ClF2N4O3S/c1-5-9-39-19-14-35-26-21(11-22(30)25(27(26)40-15-19)20-8-7-18(31)10-23(20)32)28(33-29(35)38)34-12-16(3)36(17(4)13-34)24(37)6-2/h6-8,10-11,16-17,19H,2,5,9,12-15H2,1,3-4H3/t16-,17+,19?. The van der Waals surface area contributed by atoms with Crippen molar-refractivity contribution in [1.82, 2.24) is 14.5 Å². The molecule has 1 saturated heterocycles. The van der Waals surface area contributed by atoms with Gasteiger partial charge < -0.3 is 14.5 Å². The number of hydrogen-bond donors (Lipinski definition) is 0. The summed E-state index contributed by atoms with van der Waals surface area (Å²) in [7, 11) is 0. The molecule has 3 atom stereocenters. The van der Waals surface area contributed by atoms with Crippen molar-refractivity contribution in [3.05, 3.63) is 64.1 Å². The average molecular weight is 589 g/mol. The van der Waals surface area contributed by atoms with Gasteiger partial charge in [0.1, 0.15) is 17.5 Å². The van der Waals surface area contributed by atoms with E-state index < -0.39 is 17.3 Å². The van der Waals surface area contributed by atoms with Crippen LogP contribution in [0.1, 0.15) is 27.2 Å². The van der Waals surface area contributed by atoms with Gasteiger partial charge in [0.2, 0.25) is 5.91 Å². The summed E-state index contributed by atoms with van der Waals surface area (Å²) >= 11 is 8.31. The van der Waals surface area contributed by atoms with E-state index in [2.05, 4.69) is 11.6 Å². The molecule has 0 radical (unpaired) electrons. The molecule has 0 aliphatic carbocycles. The van der Waals surface area contributed by atoms with Crippen molar-refractivity contribution in [2.45, 2.75) is 56.8 Å². The summed E-state index contributed by atoms with van der Waals surface area (Å²) < 4.78 is 36.5. The van der Waals surface area contributed by atoms with Crippen molar-refractivity contribution in [3.63, 3.8) is 0 Å². The molecule has 1 amide bonds. The van der Waals surface area contributed by atoms with Crippen LogP contribution >= 0.6 is 23.4 Å². The van der Waals surface area contributed by atoms with Gasteiger partial charge in [-0.2, -0.15) is 4.98 Å². The average Bonchev–Trinajstić information content (AvgIpc) is 3.10. The maximum Gasteiger partial charge on any atom is 0.350 e. The van der Waals surface area contributed by atoms with Crippen LogP contribution < -0.4 is 10.6 Å².